The number of hydrogen-bond donors (Lipinski definition) is 1. The first-order valence-electron chi connectivity index (χ1n) is 5.04. The zero-order valence-corrected chi connectivity index (χ0v) is 9.36. The van der Waals surface area contributed by atoms with Gasteiger partial charge in [-0.15, -0.1) is 0 Å². The lowest BCUT2D eigenvalue weighted by Crippen LogP contribution is -2.31. The molecule has 15 heavy (non-hydrogen) atoms. The molecule has 0 unspecified atom stereocenters. The van der Waals surface area contributed by atoms with Crippen molar-refractivity contribution in [3.05, 3.63) is 35.9 Å². The minimum Gasteiger partial charge on any atom is -0.456 e. The van der Waals surface area contributed by atoms with E-state index in [1.165, 1.54) is 6.92 Å². The second kappa shape index (κ2) is 5.51. The fraction of sp³-hybridized carbons (Fsp3) is 0.417. The Hall–Kier alpha value is -1.35. The van der Waals surface area contributed by atoms with Crippen LogP contribution in [0.3, 0.4) is 0 Å². The number of likely N-dealkylation sites (N-methyl/N-ethyl adjacent to an activating group) is 1. The molecular formula is C12H17NO2. The monoisotopic (exact) mass is 207 g/mol. The van der Waals surface area contributed by atoms with Gasteiger partial charge in [0.2, 0.25) is 0 Å². The smallest absolute Gasteiger partial charge is 0.303 e. The highest BCUT2D eigenvalue weighted by Gasteiger charge is 2.20. The van der Waals surface area contributed by atoms with E-state index in [9.17, 15) is 4.79 Å². The van der Waals surface area contributed by atoms with Crippen LogP contribution in [0.25, 0.3) is 0 Å². The topological polar surface area (TPSA) is 38.3 Å². The first-order valence-corrected chi connectivity index (χ1v) is 5.04. The predicted octanol–water partition coefficient (Wildman–Crippen LogP) is 1.90. The Balaban J connectivity index is 2.86. The van der Waals surface area contributed by atoms with Gasteiger partial charge < -0.3 is 10.1 Å². The van der Waals surface area contributed by atoms with E-state index < -0.39 is 0 Å². The number of rotatable bonds is 4. The summed E-state index contributed by atoms with van der Waals surface area (Å²) >= 11 is 0. The molecule has 0 aromatic heterocycles. The summed E-state index contributed by atoms with van der Waals surface area (Å²) < 4.78 is 5.29. The van der Waals surface area contributed by atoms with Gasteiger partial charge >= 0.3 is 5.97 Å². The third-order valence-corrected chi connectivity index (χ3v) is 2.33. The molecular weight excluding hydrogens is 190 g/mol. The number of hydrogen-bond acceptors (Lipinski definition) is 3. The van der Waals surface area contributed by atoms with Crippen LogP contribution in [0.5, 0.6) is 0 Å². The van der Waals surface area contributed by atoms with E-state index in [0.29, 0.717) is 0 Å². The van der Waals surface area contributed by atoms with Gasteiger partial charge in [0, 0.05) is 13.0 Å². The molecule has 2 atom stereocenters. The molecule has 0 aliphatic carbocycles. The predicted molar refractivity (Wildman–Crippen MR) is 59.5 cm³/mol. The number of benzene rings is 1. The first kappa shape index (κ1) is 11.7. The molecule has 1 aromatic carbocycles. The Morgan fingerprint density at radius 3 is 2.40 bits per heavy atom. The van der Waals surface area contributed by atoms with Gasteiger partial charge in [-0.3, -0.25) is 4.79 Å². The molecule has 0 saturated carbocycles. The molecule has 0 amide bonds. The molecule has 0 bridgehead atoms. The third kappa shape index (κ3) is 3.36. The highest BCUT2D eigenvalue weighted by Crippen LogP contribution is 2.20. The van der Waals surface area contributed by atoms with Gasteiger partial charge in [0.25, 0.3) is 0 Å². The lowest BCUT2D eigenvalue weighted by atomic mass is 10.0. The van der Waals surface area contributed by atoms with Gasteiger partial charge in [-0.2, -0.15) is 0 Å². The van der Waals surface area contributed by atoms with Crippen molar-refractivity contribution in [1.29, 1.82) is 0 Å². The Morgan fingerprint density at radius 2 is 1.93 bits per heavy atom. The van der Waals surface area contributed by atoms with Crippen LogP contribution in [-0.2, 0) is 9.53 Å². The highest BCUT2D eigenvalue weighted by atomic mass is 16.5. The van der Waals surface area contributed by atoms with Crippen molar-refractivity contribution in [3.8, 4) is 0 Å². The Labute approximate surface area is 90.4 Å². The maximum absolute atomic E-state index is 11.0. The zero-order valence-electron chi connectivity index (χ0n) is 9.36. The molecule has 0 saturated heterocycles. The second-order valence-electron chi connectivity index (χ2n) is 3.52. The summed E-state index contributed by atoms with van der Waals surface area (Å²) in [6.45, 7) is 3.42. The van der Waals surface area contributed by atoms with E-state index in [1.807, 2.05) is 44.3 Å². The van der Waals surface area contributed by atoms with E-state index in [1.54, 1.807) is 0 Å². The van der Waals surface area contributed by atoms with Gasteiger partial charge in [0.05, 0.1) is 0 Å². The van der Waals surface area contributed by atoms with Crippen LogP contribution in [0.2, 0.25) is 0 Å². The van der Waals surface area contributed by atoms with E-state index in [2.05, 4.69) is 5.32 Å². The molecule has 0 fully saturated rings. The van der Waals surface area contributed by atoms with Crippen molar-refractivity contribution in [2.75, 3.05) is 7.05 Å². The van der Waals surface area contributed by atoms with Crippen LogP contribution in [0.15, 0.2) is 30.3 Å². The van der Waals surface area contributed by atoms with Crippen molar-refractivity contribution in [1.82, 2.24) is 5.32 Å². The molecule has 0 spiro atoms. The molecule has 0 heterocycles. The third-order valence-electron chi connectivity index (χ3n) is 2.33. The Morgan fingerprint density at radius 1 is 1.33 bits per heavy atom. The largest absolute Gasteiger partial charge is 0.456 e. The van der Waals surface area contributed by atoms with Crippen LogP contribution < -0.4 is 5.32 Å². The zero-order chi connectivity index (χ0) is 11.3. The Kier molecular flexibility index (Phi) is 4.31. The van der Waals surface area contributed by atoms with Crippen LogP contribution >= 0.6 is 0 Å². The average molecular weight is 207 g/mol. The number of ether oxygens (including phenoxy) is 1. The van der Waals surface area contributed by atoms with Crippen LogP contribution in [0.4, 0.5) is 0 Å². The molecule has 0 aliphatic heterocycles. The molecule has 3 heteroatoms. The van der Waals surface area contributed by atoms with Gasteiger partial charge in [0.15, 0.2) is 0 Å². The fourth-order valence-corrected chi connectivity index (χ4v) is 1.43. The summed E-state index contributed by atoms with van der Waals surface area (Å²) in [5.74, 6) is -0.258. The maximum Gasteiger partial charge on any atom is 0.303 e. The number of nitrogens with one attached hydrogen (secondary N) is 1. The standard InChI is InChI=1S/C12H17NO2/c1-9(13-3)12(15-10(2)14)11-7-5-4-6-8-11/h4-9,12-13H,1-3H3/t9-,12-/m1/s1. The summed E-state index contributed by atoms with van der Waals surface area (Å²) in [7, 11) is 1.85. The van der Waals surface area contributed by atoms with Crippen LogP contribution in [0.1, 0.15) is 25.5 Å². The van der Waals surface area contributed by atoms with Crippen molar-refractivity contribution in [3.63, 3.8) is 0 Å². The SMILES string of the molecule is CN[C@H](C)[C@@H](OC(C)=O)c1ccccc1. The molecule has 82 valence electrons. The Bertz CT molecular complexity index is 311. The molecule has 1 rings (SSSR count). The lowest BCUT2D eigenvalue weighted by molar-refractivity contribution is -0.148. The highest BCUT2D eigenvalue weighted by molar-refractivity contribution is 5.66. The lowest BCUT2D eigenvalue weighted by Gasteiger charge is -2.23. The summed E-state index contributed by atoms with van der Waals surface area (Å²) in [5.41, 5.74) is 1.01. The van der Waals surface area contributed by atoms with E-state index in [-0.39, 0.29) is 18.1 Å². The van der Waals surface area contributed by atoms with E-state index in [4.69, 9.17) is 4.74 Å². The van der Waals surface area contributed by atoms with Crippen molar-refractivity contribution < 1.29 is 9.53 Å². The van der Waals surface area contributed by atoms with E-state index >= 15 is 0 Å². The fourth-order valence-electron chi connectivity index (χ4n) is 1.43. The molecule has 3 nitrogen and oxygen atoms in total. The summed E-state index contributed by atoms with van der Waals surface area (Å²) in [6, 6.07) is 9.83. The van der Waals surface area contributed by atoms with Crippen molar-refractivity contribution in [2.45, 2.75) is 26.0 Å². The minimum atomic E-state index is -0.258. The summed E-state index contributed by atoms with van der Waals surface area (Å²) in [5, 5.41) is 3.09. The number of carbonyl (C=O) groups is 1. The van der Waals surface area contributed by atoms with Crippen LogP contribution in [0, 0.1) is 0 Å². The van der Waals surface area contributed by atoms with Gasteiger partial charge in [0.1, 0.15) is 6.10 Å². The maximum atomic E-state index is 11.0. The number of carbonyl (C=O) groups excluding carboxylic acids is 1. The van der Waals surface area contributed by atoms with Crippen molar-refractivity contribution in [2.24, 2.45) is 0 Å². The quantitative estimate of drug-likeness (QED) is 0.766. The van der Waals surface area contributed by atoms with Crippen LogP contribution in [-0.4, -0.2) is 19.1 Å². The summed E-state index contributed by atoms with van der Waals surface area (Å²) in [6.07, 6.45) is -0.228. The molecule has 1 aromatic rings. The normalized spacial score (nSPS) is 14.3. The molecule has 0 aliphatic rings. The van der Waals surface area contributed by atoms with Gasteiger partial charge in [-0.05, 0) is 19.5 Å². The molecule has 0 radical (unpaired) electrons. The van der Waals surface area contributed by atoms with E-state index in [0.717, 1.165) is 5.56 Å². The molecule has 1 N–H and O–H groups in total. The minimum absolute atomic E-state index is 0.0938. The first-order chi connectivity index (χ1) is 7.15. The van der Waals surface area contributed by atoms with Crippen molar-refractivity contribution >= 4 is 5.97 Å². The van der Waals surface area contributed by atoms with Gasteiger partial charge in [-0.1, -0.05) is 30.3 Å². The number of esters is 1. The summed E-state index contributed by atoms with van der Waals surface area (Å²) in [4.78, 5) is 11.0. The second-order valence-corrected chi connectivity index (χ2v) is 3.52. The average Bonchev–Trinajstić information content (AvgIpc) is 2.26. The van der Waals surface area contributed by atoms with Gasteiger partial charge in [-0.25, -0.2) is 0 Å².